The van der Waals surface area contributed by atoms with Gasteiger partial charge in [0, 0.05) is 6.42 Å². The van der Waals surface area contributed by atoms with Crippen LogP contribution in [0.15, 0.2) is 0 Å². The second kappa shape index (κ2) is 1.97. The molecule has 1 aliphatic rings. The molecule has 0 heterocycles. The molecule has 1 rings (SSSR count). The van der Waals surface area contributed by atoms with Gasteiger partial charge in [-0.15, -0.1) is 6.42 Å². The predicted octanol–water partition coefficient (Wildman–Crippen LogP) is 0.920. The van der Waals surface area contributed by atoms with Crippen molar-refractivity contribution in [1.29, 1.82) is 5.26 Å². The minimum Gasteiger partial charge on any atom is -0.376 e. The Kier molecular flexibility index (Phi) is 1.47. The lowest BCUT2D eigenvalue weighted by Crippen LogP contribution is -2.37. The Morgan fingerprint density at radius 2 is 2.08 bits per heavy atom. The van der Waals surface area contributed by atoms with Crippen molar-refractivity contribution in [3.8, 4) is 18.4 Å². The summed E-state index contributed by atoms with van der Waals surface area (Å²) in [5.74, 6) is -1.35. The molecule has 0 amide bonds. The number of halogens is 2. The number of nitriles is 1. The minimum absolute atomic E-state index is 0.659. The quantitative estimate of drug-likeness (QED) is 0.596. The second-order valence-electron chi connectivity index (χ2n) is 3.11. The molecule has 12 heavy (non-hydrogen) atoms. The lowest BCUT2D eigenvalue weighted by molar-refractivity contribution is -0.0100. The van der Waals surface area contributed by atoms with Gasteiger partial charge < -0.3 is 5.11 Å². The lowest BCUT2D eigenvalue weighted by Gasteiger charge is -2.21. The highest BCUT2D eigenvalue weighted by molar-refractivity contribution is 5.35. The summed E-state index contributed by atoms with van der Waals surface area (Å²) in [6, 6.07) is 1.39. The Morgan fingerprint density at radius 3 is 2.17 bits per heavy atom. The van der Waals surface area contributed by atoms with Gasteiger partial charge in [0.25, 0.3) is 5.92 Å². The Balaban J connectivity index is 3.06. The topological polar surface area (TPSA) is 44.0 Å². The van der Waals surface area contributed by atoms with Gasteiger partial charge in [-0.05, 0) is 6.92 Å². The van der Waals surface area contributed by atoms with Gasteiger partial charge in [0.15, 0.2) is 5.41 Å². The van der Waals surface area contributed by atoms with Crippen molar-refractivity contribution < 1.29 is 13.9 Å². The first-order valence-electron chi connectivity index (χ1n) is 3.32. The Bertz CT molecular complexity index is 297. The zero-order chi connectivity index (χ0) is 9.62. The van der Waals surface area contributed by atoms with Crippen molar-refractivity contribution in [2.24, 2.45) is 5.41 Å². The van der Waals surface area contributed by atoms with Crippen molar-refractivity contribution >= 4 is 0 Å². The number of alkyl halides is 2. The third-order valence-corrected chi connectivity index (χ3v) is 2.29. The third kappa shape index (κ3) is 0.761. The van der Waals surface area contributed by atoms with Crippen LogP contribution in [0.5, 0.6) is 0 Å². The molecule has 0 unspecified atom stereocenters. The van der Waals surface area contributed by atoms with Crippen LogP contribution in [0.3, 0.4) is 0 Å². The molecule has 1 aliphatic carbocycles. The molecule has 0 spiro atoms. The van der Waals surface area contributed by atoms with Crippen LogP contribution in [-0.4, -0.2) is 16.6 Å². The van der Waals surface area contributed by atoms with Crippen molar-refractivity contribution in [3.63, 3.8) is 0 Å². The molecule has 2 atom stereocenters. The smallest absolute Gasteiger partial charge is 0.272 e. The van der Waals surface area contributed by atoms with E-state index in [0.717, 1.165) is 6.92 Å². The Labute approximate surface area is 68.8 Å². The SMILES string of the molecule is C#C[C@@](C)(O)[C@@]1(C#N)CC1(F)F. The van der Waals surface area contributed by atoms with E-state index in [1.165, 1.54) is 6.07 Å². The zero-order valence-electron chi connectivity index (χ0n) is 6.43. The van der Waals surface area contributed by atoms with Crippen LogP contribution in [-0.2, 0) is 0 Å². The highest BCUT2D eigenvalue weighted by atomic mass is 19.3. The number of aliphatic hydroxyl groups is 1. The van der Waals surface area contributed by atoms with Crippen LogP contribution in [0.25, 0.3) is 0 Å². The third-order valence-electron chi connectivity index (χ3n) is 2.29. The normalized spacial score (nSPS) is 35.8. The summed E-state index contributed by atoms with van der Waals surface area (Å²) in [5, 5.41) is 17.8. The average molecular weight is 171 g/mol. The first-order chi connectivity index (χ1) is 5.33. The molecule has 64 valence electrons. The summed E-state index contributed by atoms with van der Waals surface area (Å²) in [7, 11) is 0. The van der Waals surface area contributed by atoms with E-state index in [0.29, 0.717) is 0 Å². The Morgan fingerprint density at radius 1 is 1.67 bits per heavy atom. The van der Waals surface area contributed by atoms with Crippen LogP contribution in [0.1, 0.15) is 13.3 Å². The summed E-state index contributed by atoms with van der Waals surface area (Å²) in [4.78, 5) is 0. The van der Waals surface area contributed by atoms with Gasteiger partial charge >= 0.3 is 0 Å². The van der Waals surface area contributed by atoms with Gasteiger partial charge in [-0.3, -0.25) is 0 Å². The van der Waals surface area contributed by atoms with Crippen LogP contribution >= 0.6 is 0 Å². The van der Waals surface area contributed by atoms with E-state index in [-0.39, 0.29) is 0 Å². The fourth-order valence-corrected chi connectivity index (χ4v) is 1.17. The number of nitrogens with zero attached hydrogens (tertiary/aromatic N) is 1. The molecule has 0 aromatic rings. The molecule has 0 aromatic heterocycles. The molecular weight excluding hydrogens is 164 g/mol. The van der Waals surface area contributed by atoms with E-state index in [2.05, 4.69) is 0 Å². The van der Waals surface area contributed by atoms with Crippen LogP contribution in [0.4, 0.5) is 8.78 Å². The van der Waals surface area contributed by atoms with Gasteiger partial charge in [0.2, 0.25) is 0 Å². The zero-order valence-corrected chi connectivity index (χ0v) is 6.43. The van der Waals surface area contributed by atoms with E-state index in [9.17, 15) is 13.9 Å². The van der Waals surface area contributed by atoms with Crippen molar-refractivity contribution in [2.75, 3.05) is 0 Å². The van der Waals surface area contributed by atoms with Crippen LogP contribution in [0.2, 0.25) is 0 Å². The first-order valence-corrected chi connectivity index (χ1v) is 3.32. The summed E-state index contributed by atoms with van der Waals surface area (Å²) in [6.07, 6.45) is 4.19. The second-order valence-corrected chi connectivity index (χ2v) is 3.11. The van der Waals surface area contributed by atoms with E-state index < -0.39 is 23.4 Å². The molecule has 0 aromatic carbocycles. The minimum atomic E-state index is -3.16. The number of terminal acetylenes is 1. The van der Waals surface area contributed by atoms with E-state index in [4.69, 9.17) is 11.7 Å². The van der Waals surface area contributed by atoms with Crippen molar-refractivity contribution in [1.82, 2.24) is 0 Å². The van der Waals surface area contributed by atoms with E-state index in [1.54, 1.807) is 5.92 Å². The number of hydrogen-bond donors (Lipinski definition) is 1. The van der Waals surface area contributed by atoms with Gasteiger partial charge in [-0.25, -0.2) is 8.78 Å². The average Bonchev–Trinajstić information content (AvgIpc) is 2.55. The molecule has 1 N–H and O–H groups in total. The number of hydrogen-bond acceptors (Lipinski definition) is 2. The maximum atomic E-state index is 12.7. The maximum absolute atomic E-state index is 12.7. The predicted molar refractivity (Wildman–Crippen MR) is 37.1 cm³/mol. The van der Waals surface area contributed by atoms with Crippen LogP contribution < -0.4 is 0 Å². The van der Waals surface area contributed by atoms with Crippen molar-refractivity contribution in [3.05, 3.63) is 0 Å². The monoisotopic (exact) mass is 171 g/mol. The standard InChI is InChI=1S/C8H7F2NO/c1-3-6(2,12)7(5-11)4-8(7,9)10/h1,12H,4H2,2H3/t6-,7+/m1/s1. The van der Waals surface area contributed by atoms with Crippen molar-refractivity contribution in [2.45, 2.75) is 24.9 Å². The molecule has 2 nitrogen and oxygen atoms in total. The molecule has 0 saturated heterocycles. The molecule has 1 saturated carbocycles. The van der Waals surface area contributed by atoms with E-state index in [1.807, 2.05) is 0 Å². The van der Waals surface area contributed by atoms with Gasteiger partial charge in [-0.1, -0.05) is 5.92 Å². The van der Waals surface area contributed by atoms with Gasteiger partial charge in [0.1, 0.15) is 5.60 Å². The lowest BCUT2D eigenvalue weighted by atomic mass is 9.87. The Hall–Kier alpha value is -1.13. The van der Waals surface area contributed by atoms with Crippen LogP contribution in [0, 0.1) is 29.1 Å². The molecule has 0 radical (unpaired) electrons. The number of rotatable bonds is 1. The largest absolute Gasteiger partial charge is 0.376 e. The summed E-state index contributed by atoms with van der Waals surface area (Å²) in [5.41, 5.74) is -4.12. The summed E-state index contributed by atoms with van der Waals surface area (Å²) in [6.45, 7) is 1.05. The molecule has 0 aliphatic heterocycles. The molecule has 0 bridgehead atoms. The molecule has 4 heteroatoms. The highest BCUT2D eigenvalue weighted by Gasteiger charge is 2.79. The molecule has 1 fully saturated rings. The fraction of sp³-hybridized carbons (Fsp3) is 0.625. The maximum Gasteiger partial charge on any atom is 0.272 e. The summed E-state index contributed by atoms with van der Waals surface area (Å²) >= 11 is 0. The fourth-order valence-electron chi connectivity index (χ4n) is 1.17. The molecular formula is C8H7F2NO. The van der Waals surface area contributed by atoms with Gasteiger partial charge in [-0.2, -0.15) is 5.26 Å². The first kappa shape index (κ1) is 8.96. The van der Waals surface area contributed by atoms with E-state index >= 15 is 0 Å². The highest BCUT2D eigenvalue weighted by Crippen LogP contribution is 2.65. The summed E-state index contributed by atoms with van der Waals surface area (Å²) < 4.78 is 25.3. The van der Waals surface area contributed by atoms with Gasteiger partial charge in [0.05, 0.1) is 6.07 Å².